The van der Waals surface area contributed by atoms with Crippen LogP contribution in [0.2, 0.25) is 0 Å². The molecule has 1 amide bonds. The summed E-state index contributed by atoms with van der Waals surface area (Å²) in [6, 6.07) is 4.87. The van der Waals surface area contributed by atoms with Gasteiger partial charge in [0.1, 0.15) is 0 Å². The Morgan fingerprint density at radius 2 is 2.28 bits per heavy atom. The molecule has 0 spiro atoms. The lowest BCUT2D eigenvalue weighted by Gasteiger charge is -2.08. The van der Waals surface area contributed by atoms with Crippen molar-refractivity contribution in [3.63, 3.8) is 0 Å². The Bertz CT molecular complexity index is 538. The highest BCUT2D eigenvalue weighted by atomic mass is 16.5. The van der Waals surface area contributed by atoms with Gasteiger partial charge in [-0.25, -0.2) is 0 Å². The first kappa shape index (κ1) is 11.9. The molecule has 1 aromatic carbocycles. The van der Waals surface area contributed by atoms with Gasteiger partial charge in [0.15, 0.2) is 6.33 Å². The predicted octanol–water partition coefficient (Wildman–Crippen LogP) is 0.405. The van der Waals surface area contributed by atoms with Crippen LogP contribution in [-0.4, -0.2) is 22.6 Å². The fourth-order valence-electron chi connectivity index (χ4n) is 1.49. The largest absolute Gasteiger partial charge is 0.397 e. The number of amides is 1. The van der Waals surface area contributed by atoms with E-state index in [1.165, 1.54) is 12.4 Å². The molecule has 0 saturated heterocycles. The van der Waals surface area contributed by atoms with Crippen LogP contribution in [0.25, 0.3) is 0 Å². The molecule has 0 atom stereocenters. The topological polar surface area (TPSA) is 120 Å². The van der Waals surface area contributed by atoms with Gasteiger partial charge in [0.05, 0.1) is 11.4 Å². The van der Waals surface area contributed by atoms with Gasteiger partial charge in [-0.2, -0.15) is 4.98 Å². The third kappa shape index (κ3) is 2.76. The van der Waals surface area contributed by atoms with E-state index in [1.807, 2.05) is 0 Å². The second kappa shape index (κ2) is 5.17. The number of aromatic nitrogens is 2. The molecule has 7 nitrogen and oxygen atoms in total. The Balaban J connectivity index is 1.95. The number of benzene rings is 1. The van der Waals surface area contributed by atoms with E-state index in [0.29, 0.717) is 30.1 Å². The summed E-state index contributed by atoms with van der Waals surface area (Å²) in [6.07, 6.45) is 1.95. The number of primary amides is 1. The van der Waals surface area contributed by atoms with Crippen molar-refractivity contribution in [3.8, 4) is 0 Å². The Labute approximate surface area is 103 Å². The van der Waals surface area contributed by atoms with Crippen molar-refractivity contribution in [1.29, 1.82) is 0 Å². The van der Waals surface area contributed by atoms with Gasteiger partial charge in [-0.3, -0.25) is 4.79 Å². The van der Waals surface area contributed by atoms with Crippen molar-refractivity contribution in [3.05, 3.63) is 36.0 Å². The van der Waals surface area contributed by atoms with Crippen molar-refractivity contribution in [1.82, 2.24) is 10.1 Å². The van der Waals surface area contributed by atoms with E-state index in [0.717, 1.165) is 5.69 Å². The Hall–Kier alpha value is -2.57. The molecule has 1 heterocycles. The third-order valence-corrected chi connectivity index (χ3v) is 2.40. The van der Waals surface area contributed by atoms with Crippen LogP contribution < -0.4 is 16.8 Å². The molecule has 0 aliphatic rings. The zero-order valence-electron chi connectivity index (χ0n) is 9.59. The molecule has 18 heavy (non-hydrogen) atoms. The van der Waals surface area contributed by atoms with Gasteiger partial charge >= 0.3 is 0 Å². The fraction of sp³-hybridized carbons (Fsp3) is 0.182. The number of hydrogen-bond acceptors (Lipinski definition) is 6. The third-order valence-electron chi connectivity index (χ3n) is 2.40. The molecule has 0 saturated carbocycles. The van der Waals surface area contributed by atoms with E-state index >= 15 is 0 Å². The highest BCUT2D eigenvalue weighted by Crippen LogP contribution is 2.19. The van der Waals surface area contributed by atoms with E-state index in [9.17, 15) is 4.79 Å². The Morgan fingerprint density at radius 1 is 1.44 bits per heavy atom. The predicted molar refractivity (Wildman–Crippen MR) is 65.9 cm³/mol. The minimum atomic E-state index is -0.501. The lowest BCUT2D eigenvalue weighted by Crippen LogP contribution is -2.12. The zero-order chi connectivity index (χ0) is 13.0. The first-order valence-corrected chi connectivity index (χ1v) is 5.35. The zero-order valence-corrected chi connectivity index (χ0v) is 9.59. The molecule has 1 aromatic heterocycles. The number of anilines is 2. The van der Waals surface area contributed by atoms with Crippen LogP contribution in [0.15, 0.2) is 29.0 Å². The van der Waals surface area contributed by atoms with Gasteiger partial charge in [0, 0.05) is 18.5 Å². The number of carbonyl (C=O) groups is 1. The number of nitrogen functional groups attached to an aromatic ring is 1. The Kier molecular flexibility index (Phi) is 3.42. The molecule has 0 aliphatic heterocycles. The van der Waals surface area contributed by atoms with Crippen molar-refractivity contribution in [2.45, 2.75) is 6.42 Å². The van der Waals surface area contributed by atoms with Crippen LogP contribution in [0.3, 0.4) is 0 Å². The lowest BCUT2D eigenvalue weighted by atomic mass is 10.1. The van der Waals surface area contributed by atoms with Gasteiger partial charge in [-0.1, -0.05) is 5.16 Å². The maximum Gasteiger partial charge on any atom is 0.248 e. The van der Waals surface area contributed by atoms with Gasteiger partial charge in [0.25, 0.3) is 0 Å². The standard InChI is InChI=1S/C11H13N5O2/c12-8-5-7(11(13)17)1-2-9(8)14-4-3-10-15-6-16-18-10/h1-2,5-6,14H,3-4,12H2,(H2,13,17). The van der Waals surface area contributed by atoms with Crippen LogP contribution >= 0.6 is 0 Å². The molecule has 0 bridgehead atoms. The summed E-state index contributed by atoms with van der Waals surface area (Å²) in [5.41, 5.74) is 12.5. The molecule has 2 aromatic rings. The van der Waals surface area contributed by atoms with E-state index in [4.69, 9.17) is 16.0 Å². The fourth-order valence-corrected chi connectivity index (χ4v) is 1.49. The molecule has 7 heteroatoms. The van der Waals surface area contributed by atoms with E-state index < -0.39 is 5.91 Å². The average Bonchev–Trinajstić information content (AvgIpc) is 2.84. The summed E-state index contributed by atoms with van der Waals surface area (Å²) < 4.78 is 4.86. The number of hydrogen-bond donors (Lipinski definition) is 3. The van der Waals surface area contributed by atoms with Crippen molar-refractivity contribution < 1.29 is 9.32 Å². The first-order valence-electron chi connectivity index (χ1n) is 5.35. The average molecular weight is 247 g/mol. The summed E-state index contributed by atoms with van der Waals surface area (Å²) >= 11 is 0. The summed E-state index contributed by atoms with van der Waals surface area (Å²) in [5, 5.41) is 6.62. The van der Waals surface area contributed by atoms with Gasteiger partial charge < -0.3 is 21.3 Å². The van der Waals surface area contributed by atoms with Gasteiger partial charge in [-0.15, -0.1) is 0 Å². The second-order valence-corrected chi connectivity index (χ2v) is 3.68. The van der Waals surface area contributed by atoms with Crippen molar-refractivity contribution in [2.24, 2.45) is 5.73 Å². The van der Waals surface area contributed by atoms with Crippen LogP contribution in [0, 0.1) is 0 Å². The monoisotopic (exact) mass is 247 g/mol. The number of nitrogens with one attached hydrogen (secondary N) is 1. The molecule has 5 N–H and O–H groups in total. The molecule has 0 unspecified atom stereocenters. The normalized spacial score (nSPS) is 10.2. The Morgan fingerprint density at radius 3 is 2.89 bits per heavy atom. The number of rotatable bonds is 5. The molecule has 0 radical (unpaired) electrons. The summed E-state index contributed by atoms with van der Waals surface area (Å²) in [7, 11) is 0. The minimum absolute atomic E-state index is 0.384. The van der Waals surface area contributed by atoms with Gasteiger partial charge in [-0.05, 0) is 18.2 Å². The quantitative estimate of drug-likeness (QED) is 0.658. The first-order chi connectivity index (χ1) is 8.66. The molecule has 2 rings (SSSR count). The lowest BCUT2D eigenvalue weighted by molar-refractivity contribution is 0.100. The summed E-state index contributed by atoms with van der Waals surface area (Å²) in [4.78, 5) is 14.8. The maximum atomic E-state index is 11.0. The molecule has 0 aliphatic carbocycles. The molecular weight excluding hydrogens is 234 g/mol. The molecular formula is C11H13N5O2. The van der Waals surface area contributed by atoms with Crippen molar-refractivity contribution in [2.75, 3.05) is 17.6 Å². The van der Waals surface area contributed by atoms with Crippen LogP contribution in [-0.2, 0) is 6.42 Å². The smallest absolute Gasteiger partial charge is 0.248 e. The highest BCUT2D eigenvalue weighted by molar-refractivity contribution is 5.94. The highest BCUT2D eigenvalue weighted by Gasteiger charge is 2.05. The minimum Gasteiger partial charge on any atom is -0.397 e. The number of nitrogens with two attached hydrogens (primary N) is 2. The number of carbonyl (C=O) groups excluding carboxylic acids is 1. The van der Waals surface area contributed by atoms with Crippen LogP contribution in [0.5, 0.6) is 0 Å². The maximum absolute atomic E-state index is 11.0. The summed E-state index contributed by atoms with van der Waals surface area (Å²) in [5.74, 6) is 0.0499. The molecule has 0 fully saturated rings. The van der Waals surface area contributed by atoms with E-state index in [-0.39, 0.29) is 0 Å². The summed E-state index contributed by atoms with van der Waals surface area (Å²) in [6.45, 7) is 0.600. The van der Waals surface area contributed by atoms with E-state index in [2.05, 4.69) is 15.5 Å². The van der Waals surface area contributed by atoms with Crippen LogP contribution in [0.1, 0.15) is 16.2 Å². The van der Waals surface area contributed by atoms with Gasteiger partial charge in [0.2, 0.25) is 11.8 Å². The SMILES string of the molecule is NC(=O)c1ccc(NCCc2ncno2)c(N)c1. The number of nitrogens with zero attached hydrogens (tertiary/aromatic N) is 2. The van der Waals surface area contributed by atoms with E-state index in [1.54, 1.807) is 12.1 Å². The van der Waals surface area contributed by atoms with Crippen molar-refractivity contribution >= 4 is 17.3 Å². The van der Waals surface area contributed by atoms with Crippen LogP contribution in [0.4, 0.5) is 11.4 Å². The second-order valence-electron chi connectivity index (χ2n) is 3.68. The molecule has 94 valence electrons.